The standard InChI is InChI=1S/C16H20N2O/c1-11-4-5-15(17-10-11)18-7-6-12-13(18)8-16(2,3)9-14(12)19/h4-7,10,14,19H,8-9H2,1-3H3. The molecule has 0 bridgehead atoms. The van der Waals surface area contributed by atoms with Gasteiger partial charge >= 0.3 is 0 Å². The summed E-state index contributed by atoms with van der Waals surface area (Å²) in [7, 11) is 0. The average Bonchev–Trinajstić information content (AvgIpc) is 2.72. The van der Waals surface area contributed by atoms with Gasteiger partial charge in [0.05, 0.1) is 6.10 Å². The SMILES string of the molecule is Cc1ccc(-n2ccc3c2CC(C)(C)CC3O)nc1. The topological polar surface area (TPSA) is 38.0 Å². The molecule has 3 rings (SSSR count). The van der Waals surface area contributed by atoms with Crippen LogP contribution in [-0.4, -0.2) is 14.7 Å². The van der Waals surface area contributed by atoms with Crippen molar-refractivity contribution >= 4 is 0 Å². The van der Waals surface area contributed by atoms with E-state index in [0.29, 0.717) is 0 Å². The van der Waals surface area contributed by atoms with Crippen LogP contribution in [0, 0.1) is 12.3 Å². The molecule has 0 spiro atoms. The fraction of sp³-hybridized carbons (Fsp3) is 0.438. The van der Waals surface area contributed by atoms with Crippen molar-refractivity contribution in [3.05, 3.63) is 47.4 Å². The van der Waals surface area contributed by atoms with Crippen LogP contribution < -0.4 is 0 Å². The fourth-order valence-corrected chi connectivity index (χ4v) is 2.95. The third-order valence-corrected chi connectivity index (χ3v) is 3.92. The van der Waals surface area contributed by atoms with E-state index in [1.54, 1.807) is 0 Å². The molecule has 0 aromatic carbocycles. The van der Waals surface area contributed by atoms with Crippen molar-refractivity contribution in [2.75, 3.05) is 0 Å². The second-order valence-electron chi connectivity index (χ2n) is 6.34. The summed E-state index contributed by atoms with van der Waals surface area (Å²) >= 11 is 0. The second kappa shape index (κ2) is 4.20. The highest BCUT2D eigenvalue weighted by Crippen LogP contribution is 2.41. The van der Waals surface area contributed by atoms with Crippen molar-refractivity contribution in [3.8, 4) is 5.82 Å². The summed E-state index contributed by atoms with van der Waals surface area (Å²) in [5.74, 6) is 0.928. The number of nitrogens with zero attached hydrogens (tertiary/aromatic N) is 2. The lowest BCUT2D eigenvalue weighted by atomic mass is 9.75. The molecule has 100 valence electrons. The lowest BCUT2D eigenvalue weighted by Gasteiger charge is -2.33. The predicted molar refractivity (Wildman–Crippen MR) is 75.4 cm³/mol. The third kappa shape index (κ3) is 2.19. The Bertz CT molecular complexity index is 596. The first-order valence-corrected chi connectivity index (χ1v) is 6.77. The number of aliphatic hydroxyl groups is 1. The Hall–Kier alpha value is -1.61. The molecular formula is C16H20N2O. The summed E-state index contributed by atoms with van der Waals surface area (Å²) in [5, 5.41) is 10.3. The van der Waals surface area contributed by atoms with E-state index in [-0.39, 0.29) is 11.5 Å². The van der Waals surface area contributed by atoms with E-state index in [0.717, 1.165) is 29.8 Å². The number of fused-ring (bicyclic) bond motifs is 1. The number of aryl methyl sites for hydroxylation is 1. The Balaban J connectivity index is 2.08. The van der Waals surface area contributed by atoms with Crippen LogP contribution in [0.1, 0.15) is 43.2 Å². The molecule has 19 heavy (non-hydrogen) atoms. The van der Waals surface area contributed by atoms with Crippen molar-refractivity contribution in [3.63, 3.8) is 0 Å². The molecule has 1 unspecified atom stereocenters. The predicted octanol–water partition coefficient (Wildman–Crippen LogP) is 3.19. The Morgan fingerprint density at radius 3 is 2.79 bits per heavy atom. The van der Waals surface area contributed by atoms with Crippen LogP contribution in [0.25, 0.3) is 5.82 Å². The zero-order valence-electron chi connectivity index (χ0n) is 11.7. The van der Waals surface area contributed by atoms with E-state index in [9.17, 15) is 5.11 Å². The molecule has 0 fully saturated rings. The lowest BCUT2D eigenvalue weighted by molar-refractivity contribution is 0.0986. The quantitative estimate of drug-likeness (QED) is 0.851. The molecule has 2 aromatic heterocycles. The van der Waals surface area contributed by atoms with E-state index in [1.165, 1.54) is 5.69 Å². The minimum absolute atomic E-state index is 0.132. The Kier molecular flexibility index (Phi) is 2.75. The summed E-state index contributed by atoms with van der Waals surface area (Å²) < 4.78 is 2.11. The van der Waals surface area contributed by atoms with Gasteiger partial charge in [0, 0.05) is 23.7 Å². The highest BCUT2D eigenvalue weighted by Gasteiger charge is 2.33. The molecule has 2 aromatic rings. The van der Waals surface area contributed by atoms with Gasteiger partial charge in [0.1, 0.15) is 5.82 Å². The fourth-order valence-electron chi connectivity index (χ4n) is 2.95. The first kappa shape index (κ1) is 12.4. The van der Waals surface area contributed by atoms with Crippen LogP contribution in [0.4, 0.5) is 0 Å². The monoisotopic (exact) mass is 256 g/mol. The van der Waals surface area contributed by atoms with Gasteiger partial charge in [-0.1, -0.05) is 19.9 Å². The largest absolute Gasteiger partial charge is 0.388 e. The molecule has 1 aliphatic rings. The first-order chi connectivity index (χ1) is 8.96. The van der Waals surface area contributed by atoms with Gasteiger partial charge in [-0.2, -0.15) is 0 Å². The highest BCUT2D eigenvalue weighted by molar-refractivity contribution is 5.37. The van der Waals surface area contributed by atoms with Crippen LogP contribution in [0.3, 0.4) is 0 Å². The maximum atomic E-state index is 10.3. The van der Waals surface area contributed by atoms with Crippen LogP contribution in [0.2, 0.25) is 0 Å². The van der Waals surface area contributed by atoms with Gasteiger partial charge in [0.25, 0.3) is 0 Å². The van der Waals surface area contributed by atoms with Gasteiger partial charge in [0.15, 0.2) is 0 Å². The van der Waals surface area contributed by atoms with Crippen LogP contribution in [0.15, 0.2) is 30.6 Å². The van der Waals surface area contributed by atoms with Crippen molar-refractivity contribution in [1.29, 1.82) is 0 Å². The number of aliphatic hydroxyl groups excluding tert-OH is 1. The molecule has 0 saturated heterocycles. The van der Waals surface area contributed by atoms with Gasteiger partial charge in [-0.25, -0.2) is 4.98 Å². The first-order valence-electron chi connectivity index (χ1n) is 6.77. The molecule has 1 aliphatic carbocycles. The smallest absolute Gasteiger partial charge is 0.136 e. The van der Waals surface area contributed by atoms with Crippen LogP contribution in [-0.2, 0) is 6.42 Å². The molecule has 0 saturated carbocycles. The van der Waals surface area contributed by atoms with Crippen LogP contribution >= 0.6 is 0 Å². The maximum absolute atomic E-state index is 10.3. The molecule has 3 nitrogen and oxygen atoms in total. The van der Waals surface area contributed by atoms with Crippen molar-refractivity contribution in [2.45, 2.75) is 39.7 Å². The third-order valence-electron chi connectivity index (χ3n) is 3.92. The average molecular weight is 256 g/mol. The van der Waals surface area contributed by atoms with E-state index >= 15 is 0 Å². The molecular weight excluding hydrogens is 236 g/mol. The van der Waals surface area contributed by atoms with Gasteiger partial charge < -0.3 is 9.67 Å². The summed E-state index contributed by atoms with van der Waals surface area (Å²) in [5.41, 5.74) is 3.54. The van der Waals surface area contributed by atoms with Gasteiger partial charge in [0.2, 0.25) is 0 Å². The second-order valence-corrected chi connectivity index (χ2v) is 6.34. The molecule has 2 heterocycles. The number of rotatable bonds is 1. The van der Waals surface area contributed by atoms with E-state index in [2.05, 4.69) is 29.5 Å². The zero-order chi connectivity index (χ0) is 13.6. The molecule has 1 atom stereocenters. The van der Waals surface area contributed by atoms with Gasteiger partial charge in [-0.3, -0.25) is 0 Å². The Morgan fingerprint density at radius 2 is 2.11 bits per heavy atom. The highest BCUT2D eigenvalue weighted by atomic mass is 16.3. The Morgan fingerprint density at radius 1 is 1.32 bits per heavy atom. The van der Waals surface area contributed by atoms with Crippen molar-refractivity contribution in [1.82, 2.24) is 9.55 Å². The minimum atomic E-state index is -0.356. The maximum Gasteiger partial charge on any atom is 0.136 e. The molecule has 3 heteroatoms. The zero-order valence-corrected chi connectivity index (χ0v) is 11.7. The van der Waals surface area contributed by atoms with E-state index in [4.69, 9.17) is 0 Å². The number of aromatic nitrogens is 2. The minimum Gasteiger partial charge on any atom is -0.388 e. The van der Waals surface area contributed by atoms with E-state index < -0.39 is 0 Å². The van der Waals surface area contributed by atoms with Gasteiger partial charge in [-0.15, -0.1) is 0 Å². The lowest BCUT2D eigenvalue weighted by Crippen LogP contribution is -2.26. The normalized spacial score (nSPS) is 21.2. The number of hydrogen-bond acceptors (Lipinski definition) is 2. The molecule has 0 amide bonds. The summed E-state index contributed by atoms with van der Waals surface area (Å²) in [4.78, 5) is 4.48. The Labute approximate surface area is 113 Å². The van der Waals surface area contributed by atoms with Crippen molar-refractivity contribution in [2.24, 2.45) is 5.41 Å². The summed E-state index contributed by atoms with van der Waals surface area (Å²) in [6.07, 6.45) is 5.34. The van der Waals surface area contributed by atoms with Gasteiger partial charge in [-0.05, 0) is 42.9 Å². The molecule has 1 N–H and O–H groups in total. The van der Waals surface area contributed by atoms with Crippen LogP contribution in [0.5, 0.6) is 0 Å². The summed E-state index contributed by atoms with van der Waals surface area (Å²) in [6, 6.07) is 6.12. The molecule has 0 aliphatic heterocycles. The summed E-state index contributed by atoms with van der Waals surface area (Å²) in [6.45, 7) is 6.45. The number of hydrogen-bond donors (Lipinski definition) is 1. The van der Waals surface area contributed by atoms with Crippen molar-refractivity contribution < 1.29 is 5.11 Å². The van der Waals surface area contributed by atoms with E-state index in [1.807, 2.05) is 31.5 Å². The molecule has 0 radical (unpaired) electrons. The number of pyridine rings is 1.